The molecule has 0 radical (unpaired) electrons. The molecule has 2 saturated heterocycles. The molecule has 3 rings (SSSR count). The maximum Gasteiger partial charge on any atom is 0.304 e. The monoisotopic (exact) mass is 362 g/mol. The standard InChI is InChI=1S/C20H30N2O4/c23-20(24)15-18-6-3-4-8-22(18)16-17-5-1-2-7-19(17)26-14-11-21-9-12-25-13-10-21/h1-2,5,7,18H,3-4,6,8-16H2,(H,23,24)/t18-/m0/s1. The zero-order valence-electron chi connectivity index (χ0n) is 15.4. The Bertz CT molecular complexity index is 575. The van der Waals surface area contributed by atoms with Gasteiger partial charge in [0.05, 0.1) is 19.6 Å². The highest BCUT2D eigenvalue weighted by atomic mass is 16.5. The predicted octanol–water partition coefficient (Wildman–Crippen LogP) is 2.23. The fourth-order valence-corrected chi connectivity index (χ4v) is 3.80. The summed E-state index contributed by atoms with van der Waals surface area (Å²) in [6.07, 6.45) is 3.44. The van der Waals surface area contributed by atoms with Crippen molar-refractivity contribution in [3.63, 3.8) is 0 Å². The Morgan fingerprint density at radius 2 is 2.00 bits per heavy atom. The van der Waals surface area contributed by atoms with E-state index < -0.39 is 5.97 Å². The van der Waals surface area contributed by atoms with E-state index in [-0.39, 0.29) is 12.5 Å². The summed E-state index contributed by atoms with van der Waals surface area (Å²) < 4.78 is 11.4. The molecule has 0 saturated carbocycles. The van der Waals surface area contributed by atoms with Crippen LogP contribution in [0.25, 0.3) is 0 Å². The van der Waals surface area contributed by atoms with Gasteiger partial charge in [-0.05, 0) is 25.5 Å². The first-order valence-electron chi connectivity index (χ1n) is 9.69. The first-order chi connectivity index (χ1) is 12.7. The number of aliphatic carboxylic acids is 1. The van der Waals surface area contributed by atoms with Gasteiger partial charge in [0.1, 0.15) is 12.4 Å². The summed E-state index contributed by atoms with van der Waals surface area (Å²) in [5, 5.41) is 9.18. The number of hydrogen-bond acceptors (Lipinski definition) is 5. The van der Waals surface area contributed by atoms with Crippen LogP contribution >= 0.6 is 0 Å². The second-order valence-electron chi connectivity index (χ2n) is 7.13. The topological polar surface area (TPSA) is 62.2 Å². The van der Waals surface area contributed by atoms with E-state index in [0.717, 1.165) is 76.5 Å². The summed E-state index contributed by atoms with van der Waals surface area (Å²) in [6.45, 7) is 6.82. The molecule has 144 valence electrons. The van der Waals surface area contributed by atoms with Crippen LogP contribution in [0.1, 0.15) is 31.2 Å². The average Bonchev–Trinajstić information content (AvgIpc) is 2.65. The Labute approximate surface area is 155 Å². The summed E-state index contributed by atoms with van der Waals surface area (Å²) in [4.78, 5) is 15.8. The molecule has 1 N–H and O–H groups in total. The Balaban J connectivity index is 1.56. The highest BCUT2D eigenvalue weighted by Gasteiger charge is 2.25. The molecule has 6 heteroatoms. The third-order valence-electron chi connectivity index (χ3n) is 5.27. The van der Waals surface area contributed by atoms with Crippen LogP contribution in [0.4, 0.5) is 0 Å². The molecule has 0 bridgehead atoms. The van der Waals surface area contributed by atoms with Gasteiger partial charge >= 0.3 is 5.97 Å². The second-order valence-corrected chi connectivity index (χ2v) is 7.13. The van der Waals surface area contributed by atoms with Crippen molar-refractivity contribution in [2.24, 2.45) is 0 Å². The van der Waals surface area contributed by atoms with Gasteiger partial charge in [0.2, 0.25) is 0 Å². The molecule has 2 aliphatic heterocycles. The van der Waals surface area contributed by atoms with E-state index in [0.29, 0.717) is 6.61 Å². The van der Waals surface area contributed by atoms with Gasteiger partial charge in [-0.3, -0.25) is 14.6 Å². The van der Waals surface area contributed by atoms with Crippen molar-refractivity contribution < 1.29 is 19.4 Å². The minimum Gasteiger partial charge on any atom is -0.492 e. The van der Waals surface area contributed by atoms with Crippen molar-refractivity contribution in [3.8, 4) is 5.75 Å². The first-order valence-corrected chi connectivity index (χ1v) is 9.69. The van der Waals surface area contributed by atoms with E-state index in [4.69, 9.17) is 9.47 Å². The molecule has 0 spiro atoms. The third kappa shape index (κ3) is 5.69. The molecular formula is C20H30N2O4. The lowest BCUT2D eigenvalue weighted by molar-refractivity contribution is -0.138. The summed E-state index contributed by atoms with van der Waals surface area (Å²) in [6, 6.07) is 8.27. The van der Waals surface area contributed by atoms with Gasteiger partial charge in [-0.25, -0.2) is 0 Å². The van der Waals surface area contributed by atoms with E-state index in [9.17, 15) is 9.90 Å². The number of para-hydroxylation sites is 1. The molecule has 1 aromatic carbocycles. The number of likely N-dealkylation sites (tertiary alicyclic amines) is 1. The molecule has 0 aliphatic carbocycles. The highest BCUT2D eigenvalue weighted by molar-refractivity contribution is 5.67. The molecule has 0 amide bonds. The van der Waals surface area contributed by atoms with Gasteiger partial charge in [-0.1, -0.05) is 24.6 Å². The van der Waals surface area contributed by atoms with Crippen LogP contribution < -0.4 is 4.74 Å². The van der Waals surface area contributed by atoms with Gasteiger partial charge in [-0.2, -0.15) is 0 Å². The van der Waals surface area contributed by atoms with E-state index in [1.54, 1.807) is 0 Å². The molecule has 6 nitrogen and oxygen atoms in total. The van der Waals surface area contributed by atoms with Crippen molar-refractivity contribution in [2.45, 2.75) is 38.3 Å². The number of piperidine rings is 1. The minimum absolute atomic E-state index is 0.127. The molecule has 1 aromatic rings. The zero-order chi connectivity index (χ0) is 18.2. The number of rotatable bonds is 8. The average molecular weight is 362 g/mol. The molecule has 2 aliphatic rings. The summed E-state index contributed by atoms with van der Waals surface area (Å²) in [5.41, 5.74) is 1.15. The third-order valence-corrected chi connectivity index (χ3v) is 5.27. The quantitative estimate of drug-likeness (QED) is 0.765. The van der Waals surface area contributed by atoms with E-state index in [2.05, 4.69) is 15.9 Å². The summed E-state index contributed by atoms with van der Waals surface area (Å²) >= 11 is 0. The van der Waals surface area contributed by atoms with Gasteiger partial charge in [-0.15, -0.1) is 0 Å². The number of hydrogen-bond donors (Lipinski definition) is 1. The Hall–Kier alpha value is -1.63. The van der Waals surface area contributed by atoms with Crippen LogP contribution in [-0.2, 0) is 16.1 Å². The number of morpholine rings is 1. The number of carboxylic acids is 1. The SMILES string of the molecule is O=C(O)C[C@@H]1CCCCN1Cc1ccccc1OCCN1CCOCC1. The van der Waals surface area contributed by atoms with Gasteiger partial charge < -0.3 is 14.6 Å². The number of ether oxygens (including phenoxy) is 2. The lowest BCUT2D eigenvalue weighted by Crippen LogP contribution is -2.40. The molecule has 2 fully saturated rings. The van der Waals surface area contributed by atoms with Crippen molar-refractivity contribution in [1.82, 2.24) is 9.80 Å². The normalized spacial score (nSPS) is 22.2. The van der Waals surface area contributed by atoms with Crippen molar-refractivity contribution in [3.05, 3.63) is 29.8 Å². The number of benzene rings is 1. The van der Waals surface area contributed by atoms with Crippen LogP contribution in [0, 0.1) is 0 Å². The fourth-order valence-electron chi connectivity index (χ4n) is 3.80. The van der Waals surface area contributed by atoms with Crippen LogP contribution in [0.15, 0.2) is 24.3 Å². The number of nitrogens with zero attached hydrogens (tertiary/aromatic N) is 2. The number of carboxylic acid groups (broad SMARTS) is 1. The molecule has 0 aromatic heterocycles. The van der Waals surface area contributed by atoms with Crippen LogP contribution in [0.3, 0.4) is 0 Å². The summed E-state index contributed by atoms with van der Waals surface area (Å²) in [5.74, 6) is 0.206. The molecule has 26 heavy (non-hydrogen) atoms. The molecule has 1 atom stereocenters. The van der Waals surface area contributed by atoms with E-state index in [1.807, 2.05) is 18.2 Å². The smallest absolute Gasteiger partial charge is 0.304 e. The highest BCUT2D eigenvalue weighted by Crippen LogP contribution is 2.26. The second kappa shape index (κ2) is 9.90. The van der Waals surface area contributed by atoms with Gasteiger partial charge in [0.25, 0.3) is 0 Å². The van der Waals surface area contributed by atoms with E-state index >= 15 is 0 Å². The van der Waals surface area contributed by atoms with Crippen LogP contribution in [0.5, 0.6) is 5.75 Å². The van der Waals surface area contributed by atoms with Gasteiger partial charge in [0, 0.05) is 37.8 Å². The summed E-state index contributed by atoms with van der Waals surface area (Å²) in [7, 11) is 0. The zero-order valence-corrected chi connectivity index (χ0v) is 15.4. The molecule has 0 unspecified atom stereocenters. The molecular weight excluding hydrogens is 332 g/mol. The van der Waals surface area contributed by atoms with Crippen molar-refractivity contribution in [2.75, 3.05) is 46.0 Å². The molecule has 2 heterocycles. The Morgan fingerprint density at radius 3 is 2.81 bits per heavy atom. The van der Waals surface area contributed by atoms with E-state index in [1.165, 1.54) is 0 Å². The fraction of sp³-hybridized carbons (Fsp3) is 0.650. The largest absolute Gasteiger partial charge is 0.492 e. The first kappa shape index (κ1) is 19.1. The minimum atomic E-state index is -0.711. The Morgan fingerprint density at radius 1 is 1.19 bits per heavy atom. The maximum atomic E-state index is 11.2. The lowest BCUT2D eigenvalue weighted by Gasteiger charge is -2.35. The number of carbonyl (C=O) groups is 1. The van der Waals surface area contributed by atoms with Crippen molar-refractivity contribution in [1.29, 1.82) is 0 Å². The Kier molecular flexibility index (Phi) is 7.29. The lowest BCUT2D eigenvalue weighted by atomic mass is 9.98. The van der Waals surface area contributed by atoms with Crippen LogP contribution in [-0.4, -0.2) is 72.9 Å². The van der Waals surface area contributed by atoms with Crippen molar-refractivity contribution >= 4 is 5.97 Å². The maximum absolute atomic E-state index is 11.2. The van der Waals surface area contributed by atoms with Gasteiger partial charge in [0.15, 0.2) is 0 Å². The van der Waals surface area contributed by atoms with Crippen LogP contribution in [0.2, 0.25) is 0 Å². The predicted molar refractivity (Wildman–Crippen MR) is 99.5 cm³/mol.